The topological polar surface area (TPSA) is 36.9 Å². The Morgan fingerprint density at radius 1 is 1.19 bits per heavy atom. The Morgan fingerprint density at radius 3 is 2.54 bits per heavy atom. The number of guanidine groups is 1. The third kappa shape index (κ3) is 5.59. The van der Waals surface area contributed by atoms with Crippen LogP contribution in [0.5, 0.6) is 0 Å². The summed E-state index contributed by atoms with van der Waals surface area (Å²) in [5, 5.41) is 3.65. The van der Waals surface area contributed by atoms with E-state index in [0.717, 1.165) is 50.5 Å². The minimum Gasteiger partial charge on any atom is -0.373 e. The van der Waals surface area contributed by atoms with Crippen LogP contribution in [0.3, 0.4) is 0 Å². The van der Waals surface area contributed by atoms with Gasteiger partial charge in [0.25, 0.3) is 0 Å². The van der Waals surface area contributed by atoms with E-state index in [4.69, 9.17) is 4.74 Å². The average Bonchev–Trinajstić information content (AvgIpc) is 2.62. The fourth-order valence-electron chi connectivity index (χ4n) is 4.45. The number of rotatable bonds is 3. The number of piperidine rings is 1. The van der Waals surface area contributed by atoms with E-state index in [1.807, 2.05) is 7.05 Å². The van der Waals surface area contributed by atoms with Gasteiger partial charge in [0.1, 0.15) is 0 Å². The van der Waals surface area contributed by atoms with Gasteiger partial charge in [0.15, 0.2) is 5.96 Å². The van der Waals surface area contributed by atoms with E-state index in [2.05, 4.69) is 59.4 Å². The van der Waals surface area contributed by atoms with Crippen molar-refractivity contribution in [1.29, 1.82) is 0 Å². The molecule has 4 atom stereocenters. The molecule has 3 rings (SSSR count). The zero-order valence-electron chi connectivity index (χ0n) is 16.4. The summed E-state index contributed by atoms with van der Waals surface area (Å²) in [6.07, 6.45) is 3.86. The molecule has 1 N–H and O–H groups in total. The van der Waals surface area contributed by atoms with Crippen LogP contribution in [-0.4, -0.2) is 44.1 Å². The summed E-state index contributed by atoms with van der Waals surface area (Å²) in [6, 6.07) is 10.7. The lowest BCUT2D eigenvalue weighted by atomic mass is 9.89. The Morgan fingerprint density at radius 2 is 1.88 bits per heavy atom. The Bertz CT molecular complexity index is 556. The standard InChI is InChI=1S/C21H33N3O.HI/c1-16-12-17(2)15-24(14-16)21(22-3)23-13-19-10-7-11-25-20(19)18-8-5-4-6-9-18;/h4-6,8-9,16-17,19-20H,7,10-15H2,1-3H3,(H,22,23);1H. The van der Waals surface area contributed by atoms with Gasteiger partial charge in [-0.25, -0.2) is 0 Å². The molecule has 2 heterocycles. The molecular formula is C21H34IN3O. The predicted molar refractivity (Wildman–Crippen MR) is 119 cm³/mol. The first-order valence-electron chi connectivity index (χ1n) is 9.79. The van der Waals surface area contributed by atoms with Crippen LogP contribution < -0.4 is 5.32 Å². The quantitative estimate of drug-likeness (QED) is 0.405. The summed E-state index contributed by atoms with van der Waals surface area (Å²) in [5.41, 5.74) is 1.30. The third-order valence-electron chi connectivity index (χ3n) is 5.48. The molecule has 146 valence electrons. The van der Waals surface area contributed by atoms with Crippen molar-refractivity contribution in [2.45, 2.75) is 39.2 Å². The van der Waals surface area contributed by atoms with Crippen molar-refractivity contribution in [3.8, 4) is 0 Å². The van der Waals surface area contributed by atoms with Gasteiger partial charge < -0.3 is 15.0 Å². The van der Waals surface area contributed by atoms with Crippen molar-refractivity contribution in [3.05, 3.63) is 35.9 Å². The first-order chi connectivity index (χ1) is 12.2. The third-order valence-corrected chi connectivity index (χ3v) is 5.48. The highest BCUT2D eigenvalue weighted by molar-refractivity contribution is 14.0. The van der Waals surface area contributed by atoms with Crippen LogP contribution >= 0.6 is 24.0 Å². The molecule has 2 aliphatic heterocycles. The first kappa shape index (κ1) is 21.5. The molecule has 2 aliphatic rings. The maximum atomic E-state index is 6.13. The summed E-state index contributed by atoms with van der Waals surface area (Å²) in [7, 11) is 1.90. The van der Waals surface area contributed by atoms with Crippen LogP contribution in [0, 0.1) is 17.8 Å². The minimum absolute atomic E-state index is 0. The summed E-state index contributed by atoms with van der Waals surface area (Å²) < 4.78 is 6.13. The van der Waals surface area contributed by atoms with Crippen molar-refractivity contribution < 1.29 is 4.74 Å². The lowest BCUT2D eigenvalue weighted by Gasteiger charge is -2.38. The Balaban J connectivity index is 0.00000243. The summed E-state index contributed by atoms with van der Waals surface area (Å²) >= 11 is 0. The summed E-state index contributed by atoms with van der Waals surface area (Å²) in [5.74, 6) is 3.01. The highest BCUT2D eigenvalue weighted by Crippen LogP contribution is 2.33. The smallest absolute Gasteiger partial charge is 0.193 e. The zero-order valence-corrected chi connectivity index (χ0v) is 18.7. The van der Waals surface area contributed by atoms with Gasteiger partial charge in [-0.15, -0.1) is 24.0 Å². The maximum absolute atomic E-state index is 6.13. The second-order valence-corrected chi connectivity index (χ2v) is 7.88. The van der Waals surface area contributed by atoms with E-state index in [1.54, 1.807) is 0 Å². The molecule has 4 nitrogen and oxygen atoms in total. The molecule has 0 aromatic heterocycles. The molecule has 0 saturated carbocycles. The van der Waals surface area contributed by atoms with E-state index in [1.165, 1.54) is 18.4 Å². The molecule has 2 saturated heterocycles. The number of nitrogens with one attached hydrogen (secondary N) is 1. The van der Waals surface area contributed by atoms with Crippen LogP contribution in [0.2, 0.25) is 0 Å². The number of hydrogen-bond donors (Lipinski definition) is 1. The van der Waals surface area contributed by atoms with Crippen molar-refractivity contribution in [2.75, 3.05) is 33.3 Å². The van der Waals surface area contributed by atoms with Gasteiger partial charge in [-0.1, -0.05) is 44.2 Å². The van der Waals surface area contributed by atoms with Crippen LogP contribution in [0.1, 0.15) is 44.8 Å². The molecule has 5 heteroatoms. The molecule has 0 radical (unpaired) electrons. The Labute approximate surface area is 175 Å². The second kappa shape index (κ2) is 10.5. The summed E-state index contributed by atoms with van der Waals surface area (Å²) in [6.45, 7) is 8.69. The molecule has 1 aromatic carbocycles. The van der Waals surface area contributed by atoms with E-state index >= 15 is 0 Å². The number of benzene rings is 1. The zero-order chi connectivity index (χ0) is 17.6. The van der Waals surface area contributed by atoms with Gasteiger partial charge >= 0.3 is 0 Å². The van der Waals surface area contributed by atoms with Crippen molar-refractivity contribution >= 4 is 29.9 Å². The normalized spacial score (nSPS) is 29.8. The van der Waals surface area contributed by atoms with Crippen molar-refractivity contribution in [1.82, 2.24) is 10.2 Å². The largest absolute Gasteiger partial charge is 0.373 e. The van der Waals surface area contributed by atoms with Gasteiger partial charge in [0.2, 0.25) is 0 Å². The monoisotopic (exact) mass is 471 g/mol. The number of aliphatic imine (C=N–C) groups is 1. The number of likely N-dealkylation sites (tertiary alicyclic amines) is 1. The molecule has 0 aliphatic carbocycles. The Kier molecular flexibility index (Phi) is 8.67. The molecular weight excluding hydrogens is 437 g/mol. The second-order valence-electron chi connectivity index (χ2n) is 7.88. The fourth-order valence-corrected chi connectivity index (χ4v) is 4.45. The molecule has 0 amide bonds. The first-order valence-corrected chi connectivity index (χ1v) is 9.79. The predicted octanol–water partition coefficient (Wildman–Crippen LogP) is 4.33. The van der Waals surface area contributed by atoms with Crippen molar-refractivity contribution in [3.63, 3.8) is 0 Å². The number of halogens is 1. The number of ether oxygens (including phenoxy) is 1. The highest BCUT2D eigenvalue weighted by Gasteiger charge is 2.29. The molecule has 26 heavy (non-hydrogen) atoms. The molecule has 0 bridgehead atoms. The SMILES string of the molecule is CN=C(NCC1CCCOC1c1ccccc1)N1CC(C)CC(C)C1.I. The van der Waals surface area contributed by atoms with Gasteiger partial charge in [0, 0.05) is 39.2 Å². The van der Waals surface area contributed by atoms with Crippen LogP contribution in [-0.2, 0) is 4.74 Å². The van der Waals surface area contributed by atoms with Crippen LogP contribution in [0.25, 0.3) is 0 Å². The average molecular weight is 471 g/mol. The number of hydrogen-bond acceptors (Lipinski definition) is 2. The van der Waals surface area contributed by atoms with Gasteiger partial charge in [-0.3, -0.25) is 4.99 Å². The molecule has 4 unspecified atom stereocenters. The van der Waals surface area contributed by atoms with Crippen molar-refractivity contribution in [2.24, 2.45) is 22.7 Å². The maximum Gasteiger partial charge on any atom is 0.193 e. The summed E-state index contributed by atoms with van der Waals surface area (Å²) in [4.78, 5) is 6.98. The van der Waals surface area contributed by atoms with E-state index in [9.17, 15) is 0 Å². The van der Waals surface area contributed by atoms with E-state index in [0.29, 0.717) is 5.92 Å². The van der Waals surface area contributed by atoms with Gasteiger partial charge in [0.05, 0.1) is 6.10 Å². The van der Waals surface area contributed by atoms with Crippen LogP contribution in [0.15, 0.2) is 35.3 Å². The van der Waals surface area contributed by atoms with E-state index < -0.39 is 0 Å². The van der Waals surface area contributed by atoms with Gasteiger partial charge in [-0.05, 0) is 36.7 Å². The lowest BCUT2D eigenvalue weighted by molar-refractivity contribution is -0.0267. The van der Waals surface area contributed by atoms with E-state index in [-0.39, 0.29) is 30.1 Å². The molecule has 2 fully saturated rings. The lowest BCUT2D eigenvalue weighted by Crippen LogP contribution is -2.49. The number of nitrogens with zero attached hydrogens (tertiary/aromatic N) is 2. The minimum atomic E-state index is 0. The molecule has 0 spiro atoms. The fraction of sp³-hybridized carbons (Fsp3) is 0.667. The Hall–Kier alpha value is -0.820. The molecule has 1 aromatic rings. The van der Waals surface area contributed by atoms with Crippen LogP contribution in [0.4, 0.5) is 0 Å². The van der Waals surface area contributed by atoms with Gasteiger partial charge in [-0.2, -0.15) is 0 Å². The highest BCUT2D eigenvalue weighted by atomic mass is 127.